The van der Waals surface area contributed by atoms with E-state index in [9.17, 15) is 10.1 Å². The third-order valence-electron chi connectivity index (χ3n) is 2.09. The van der Waals surface area contributed by atoms with Crippen LogP contribution >= 0.6 is 0 Å². The molecule has 18 heavy (non-hydrogen) atoms. The molecule has 0 aliphatic heterocycles. The van der Waals surface area contributed by atoms with E-state index < -0.39 is 4.92 Å². The molecule has 2 aromatic rings. The number of hydrogen-bond donors (Lipinski definition) is 0. The van der Waals surface area contributed by atoms with Crippen molar-refractivity contribution >= 4 is 11.5 Å². The summed E-state index contributed by atoms with van der Waals surface area (Å²) in [6.45, 7) is 0.395. The van der Waals surface area contributed by atoms with E-state index in [-0.39, 0.29) is 5.69 Å². The van der Waals surface area contributed by atoms with Crippen molar-refractivity contribution in [1.82, 2.24) is 9.97 Å². The Balaban J connectivity index is 1.99. The van der Waals surface area contributed by atoms with Gasteiger partial charge in [-0.2, -0.15) is 5.11 Å². The third kappa shape index (κ3) is 3.14. The zero-order valence-electron chi connectivity index (χ0n) is 9.30. The van der Waals surface area contributed by atoms with Crippen molar-refractivity contribution in [2.75, 3.05) is 0 Å². The highest BCUT2D eigenvalue weighted by Gasteiger charge is 2.04. The van der Waals surface area contributed by atoms with Crippen LogP contribution in [-0.4, -0.2) is 14.9 Å². The largest absolute Gasteiger partial charge is 0.287 e. The van der Waals surface area contributed by atoms with Crippen LogP contribution in [0.2, 0.25) is 0 Å². The van der Waals surface area contributed by atoms with Gasteiger partial charge in [-0.1, -0.05) is 6.07 Å². The Morgan fingerprint density at radius 3 is 2.78 bits per heavy atom. The zero-order valence-corrected chi connectivity index (χ0v) is 9.30. The van der Waals surface area contributed by atoms with Gasteiger partial charge < -0.3 is 0 Å². The van der Waals surface area contributed by atoms with Crippen LogP contribution in [0.5, 0.6) is 0 Å². The normalized spacial score (nSPS) is 10.7. The summed E-state index contributed by atoms with van der Waals surface area (Å²) < 4.78 is 0. The first-order chi connectivity index (χ1) is 8.75. The Morgan fingerprint density at radius 1 is 1.28 bits per heavy atom. The van der Waals surface area contributed by atoms with Crippen molar-refractivity contribution in [1.29, 1.82) is 0 Å². The Labute approximate surface area is 102 Å². The van der Waals surface area contributed by atoms with E-state index in [0.717, 1.165) is 11.8 Å². The monoisotopic (exact) mass is 243 g/mol. The Kier molecular flexibility index (Phi) is 3.65. The van der Waals surface area contributed by atoms with E-state index in [0.29, 0.717) is 12.4 Å². The molecule has 90 valence electrons. The van der Waals surface area contributed by atoms with Crippen molar-refractivity contribution in [2.45, 2.75) is 6.54 Å². The van der Waals surface area contributed by atoms with Crippen molar-refractivity contribution in [3.8, 4) is 0 Å². The van der Waals surface area contributed by atoms with Gasteiger partial charge in [0.25, 0.3) is 5.69 Å². The number of hydrogen-bond acceptors (Lipinski definition) is 6. The van der Waals surface area contributed by atoms with E-state index in [1.165, 1.54) is 12.1 Å². The van der Waals surface area contributed by atoms with Gasteiger partial charge in [0.05, 0.1) is 11.5 Å². The van der Waals surface area contributed by atoms with Crippen molar-refractivity contribution in [3.63, 3.8) is 0 Å². The van der Waals surface area contributed by atoms with Crippen LogP contribution in [0.1, 0.15) is 5.56 Å². The molecule has 0 aliphatic rings. The first kappa shape index (κ1) is 11.8. The molecule has 2 rings (SSSR count). The maximum atomic E-state index is 10.4. The first-order valence-electron chi connectivity index (χ1n) is 5.12. The zero-order chi connectivity index (χ0) is 12.8. The molecule has 0 N–H and O–H groups in total. The van der Waals surface area contributed by atoms with Crippen LogP contribution in [0, 0.1) is 10.1 Å². The fraction of sp³-hybridized carbons (Fsp3) is 0.0909. The second-order valence-electron chi connectivity index (χ2n) is 3.39. The Hall–Kier alpha value is -2.70. The molecule has 2 aromatic heterocycles. The number of rotatable bonds is 4. The van der Waals surface area contributed by atoms with Crippen molar-refractivity contribution in [2.24, 2.45) is 10.2 Å². The lowest BCUT2D eigenvalue weighted by atomic mass is 10.3. The van der Waals surface area contributed by atoms with Gasteiger partial charge in [0, 0.05) is 18.5 Å². The molecule has 0 saturated heterocycles. The van der Waals surface area contributed by atoms with Gasteiger partial charge in [-0.25, -0.2) is 4.98 Å². The molecular weight excluding hydrogens is 234 g/mol. The van der Waals surface area contributed by atoms with Gasteiger partial charge in [0.2, 0.25) is 0 Å². The summed E-state index contributed by atoms with van der Waals surface area (Å²) in [5.41, 5.74) is 0.865. The molecule has 0 fully saturated rings. The second-order valence-corrected chi connectivity index (χ2v) is 3.39. The van der Waals surface area contributed by atoms with E-state index in [4.69, 9.17) is 0 Å². The van der Waals surface area contributed by atoms with Crippen LogP contribution in [0.3, 0.4) is 0 Å². The minimum absolute atomic E-state index is 0.0683. The van der Waals surface area contributed by atoms with Gasteiger partial charge in [-0.05, 0) is 17.7 Å². The maximum Gasteiger partial charge on any atom is 0.287 e. The van der Waals surface area contributed by atoms with E-state index in [2.05, 4.69) is 20.2 Å². The molecular formula is C11H9N5O2. The fourth-order valence-electron chi connectivity index (χ4n) is 1.23. The van der Waals surface area contributed by atoms with Crippen molar-refractivity contribution in [3.05, 3.63) is 58.5 Å². The maximum absolute atomic E-state index is 10.4. The third-order valence-corrected chi connectivity index (χ3v) is 2.09. The van der Waals surface area contributed by atoms with Crippen LogP contribution in [0.15, 0.2) is 53.1 Å². The first-order valence-corrected chi connectivity index (χ1v) is 5.12. The highest BCUT2D eigenvalue weighted by molar-refractivity contribution is 5.35. The average Bonchev–Trinajstić information content (AvgIpc) is 2.40. The molecule has 7 heteroatoms. The van der Waals surface area contributed by atoms with Gasteiger partial charge >= 0.3 is 0 Å². The molecule has 0 saturated carbocycles. The van der Waals surface area contributed by atoms with E-state index in [1.807, 2.05) is 12.1 Å². The number of aromatic nitrogens is 2. The highest BCUT2D eigenvalue weighted by Crippen LogP contribution is 2.14. The van der Waals surface area contributed by atoms with Gasteiger partial charge in [-0.3, -0.25) is 15.1 Å². The smallest absolute Gasteiger partial charge is 0.264 e. The summed E-state index contributed by atoms with van der Waals surface area (Å²) in [4.78, 5) is 17.7. The van der Waals surface area contributed by atoms with Gasteiger partial charge in [0.1, 0.15) is 6.20 Å². The summed E-state index contributed by atoms with van der Waals surface area (Å²) >= 11 is 0. The SMILES string of the molecule is O=[N+]([O-])c1ccc(N=NCc2cccnc2)nc1. The summed E-state index contributed by atoms with van der Waals surface area (Å²) in [6, 6.07) is 6.49. The number of azo groups is 1. The average molecular weight is 243 g/mol. The lowest BCUT2D eigenvalue weighted by Gasteiger charge is -1.93. The van der Waals surface area contributed by atoms with Gasteiger partial charge in [-0.15, -0.1) is 5.11 Å². The molecule has 0 amide bonds. The van der Waals surface area contributed by atoms with Crippen LogP contribution < -0.4 is 0 Å². The molecule has 7 nitrogen and oxygen atoms in total. The second kappa shape index (κ2) is 5.58. The Morgan fingerprint density at radius 2 is 2.17 bits per heavy atom. The molecule has 0 bridgehead atoms. The van der Waals surface area contributed by atoms with E-state index in [1.54, 1.807) is 12.4 Å². The Bertz CT molecular complexity index is 553. The standard InChI is InChI=1S/C11H9N5O2/c17-16(18)10-3-4-11(13-8-10)15-14-7-9-2-1-5-12-6-9/h1-6,8H,7H2. The number of nitrogens with zero attached hydrogens (tertiary/aromatic N) is 5. The molecule has 2 heterocycles. The molecule has 0 spiro atoms. The minimum atomic E-state index is -0.510. The lowest BCUT2D eigenvalue weighted by molar-refractivity contribution is -0.385. The summed E-state index contributed by atoms with van der Waals surface area (Å²) in [5.74, 6) is 0.337. The van der Waals surface area contributed by atoms with E-state index >= 15 is 0 Å². The van der Waals surface area contributed by atoms with Crippen LogP contribution in [0.4, 0.5) is 11.5 Å². The number of nitro groups is 1. The molecule has 0 aliphatic carbocycles. The molecule has 0 atom stereocenters. The molecule has 0 aromatic carbocycles. The summed E-state index contributed by atoms with van der Waals surface area (Å²) in [7, 11) is 0. The fourth-order valence-corrected chi connectivity index (χ4v) is 1.23. The van der Waals surface area contributed by atoms with Gasteiger partial charge in [0.15, 0.2) is 5.82 Å². The lowest BCUT2D eigenvalue weighted by Crippen LogP contribution is -1.87. The van der Waals surface area contributed by atoms with Crippen molar-refractivity contribution < 1.29 is 4.92 Å². The molecule has 0 radical (unpaired) electrons. The summed E-state index contributed by atoms with van der Waals surface area (Å²) in [5, 5.41) is 18.2. The van der Waals surface area contributed by atoms with Crippen LogP contribution in [0.25, 0.3) is 0 Å². The molecule has 0 unspecified atom stereocenters. The number of pyridine rings is 2. The highest BCUT2D eigenvalue weighted by atomic mass is 16.6. The predicted molar refractivity (Wildman–Crippen MR) is 63.3 cm³/mol. The predicted octanol–water partition coefficient (Wildman–Crippen LogP) is 2.67. The quantitative estimate of drug-likeness (QED) is 0.468. The topological polar surface area (TPSA) is 93.6 Å². The van der Waals surface area contributed by atoms with Crippen LogP contribution in [-0.2, 0) is 6.54 Å². The minimum Gasteiger partial charge on any atom is -0.264 e. The summed E-state index contributed by atoms with van der Waals surface area (Å²) in [6.07, 6.45) is 4.53.